The molecule has 6 heteroatoms. The maximum Gasteiger partial charge on any atom is 0.174 e. The van der Waals surface area contributed by atoms with Crippen LogP contribution in [0.3, 0.4) is 0 Å². The molecule has 1 fully saturated rings. The van der Waals surface area contributed by atoms with Crippen molar-refractivity contribution >= 4 is 22.5 Å². The second-order valence-corrected chi connectivity index (χ2v) is 6.48. The third-order valence-corrected chi connectivity index (χ3v) is 4.94. The molecule has 0 saturated carbocycles. The highest BCUT2D eigenvalue weighted by molar-refractivity contribution is 5.93. The standard InChI is InChI=1S/C19H19N5O/c1-5-15(14-6-2-8-20-16(14)7-1)17-10-21-18-19(23-17)24(12-22-18)13-4-3-9-25-11-13/h1-2,5-8,10,13H,3-4,9,11-12H2,(H,21,22). The highest BCUT2D eigenvalue weighted by atomic mass is 16.5. The molecule has 25 heavy (non-hydrogen) atoms. The first kappa shape index (κ1) is 14.6. The number of nitrogens with one attached hydrogen (secondary N) is 1. The molecule has 4 heterocycles. The van der Waals surface area contributed by atoms with E-state index in [1.165, 1.54) is 0 Å². The second kappa shape index (κ2) is 5.97. The average Bonchev–Trinajstić information content (AvgIpc) is 3.11. The average molecular weight is 333 g/mol. The zero-order valence-corrected chi connectivity index (χ0v) is 13.9. The first-order chi connectivity index (χ1) is 12.4. The number of fused-ring (bicyclic) bond motifs is 2. The molecule has 5 rings (SSSR count). The van der Waals surface area contributed by atoms with Crippen molar-refractivity contribution in [1.82, 2.24) is 15.0 Å². The summed E-state index contributed by atoms with van der Waals surface area (Å²) in [6, 6.07) is 10.5. The molecule has 0 radical (unpaired) electrons. The number of anilines is 2. The molecule has 0 bridgehead atoms. The Morgan fingerprint density at radius 1 is 1.16 bits per heavy atom. The monoisotopic (exact) mass is 333 g/mol. The molecule has 1 saturated heterocycles. The minimum Gasteiger partial charge on any atom is -0.379 e. The molecule has 126 valence electrons. The van der Waals surface area contributed by atoms with Gasteiger partial charge in [0.1, 0.15) is 0 Å². The minimum absolute atomic E-state index is 0.362. The number of hydrogen-bond donors (Lipinski definition) is 1. The van der Waals surface area contributed by atoms with E-state index in [-0.39, 0.29) is 0 Å². The van der Waals surface area contributed by atoms with Crippen molar-refractivity contribution in [2.45, 2.75) is 18.9 Å². The molecule has 6 nitrogen and oxygen atoms in total. The largest absolute Gasteiger partial charge is 0.379 e. The summed E-state index contributed by atoms with van der Waals surface area (Å²) in [4.78, 5) is 16.3. The third-order valence-electron chi connectivity index (χ3n) is 4.94. The number of aromatic nitrogens is 3. The van der Waals surface area contributed by atoms with Gasteiger partial charge in [0.05, 0.1) is 36.7 Å². The van der Waals surface area contributed by atoms with Gasteiger partial charge in [0.25, 0.3) is 0 Å². The Balaban J connectivity index is 1.58. The van der Waals surface area contributed by atoms with E-state index < -0.39 is 0 Å². The zero-order chi connectivity index (χ0) is 16.6. The van der Waals surface area contributed by atoms with Crippen molar-refractivity contribution in [2.75, 3.05) is 30.1 Å². The fourth-order valence-electron chi connectivity index (χ4n) is 3.67. The first-order valence-corrected chi connectivity index (χ1v) is 8.69. The predicted molar refractivity (Wildman–Crippen MR) is 97.6 cm³/mol. The predicted octanol–water partition coefficient (Wildman–Crippen LogP) is 3.06. The fourth-order valence-corrected chi connectivity index (χ4v) is 3.67. The van der Waals surface area contributed by atoms with Crippen LogP contribution in [0.5, 0.6) is 0 Å². The van der Waals surface area contributed by atoms with E-state index in [0.717, 1.165) is 66.5 Å². The molecule has 2 aliphatic heterocycles. The van der Waals surface area contributed by atoms with Crippen LogP contribution in [0.15, 0.2) is 42.7 Å². The summed E-state index contributed by atoms with van der Waals surface area (Å²) in [7, 11) is 0. The summed E-state index contributed by atoms with van der Waals surface area (Å²) in [6.45, 7) is 2.36. The van der Waals surface area contributed by atoms with Gasteiger partial charge in [0.15, 0.2) is 11.6 Å². The van der Waals surface area contributed by atoms with Crippen molar-refractivity contribution in [3.63, 3.8) is 0 Å². The van der Waals surface area contributed by atoms with Crippen molar-refractivity contribution in [3.05, 3.63) is 42.7 Å². The van der Waals surface area contributed by atoms with Crippen LogP contribution in [0, 0.1) is 0 Å². The van der Waals surface area contributed by atoms with Crippen molar-refractivity contribution in [1.29, 1.82) is 0 Å². The van der Waals surface area contributed by atoms with E-state index in [1.807, 2.05) is 30.6 Å². The molecule has 0 amide bonds. The Kier molecular flexibility index (Phi) is 3.48. The van der Waals surface area contributed by atoms with Crippen LogP contribution in [0.2, 0.25) is 0 Å². The van der Waals surface area contributed by atoms with Gasteiger partial charge in [-0.3, -0.25) is 4.98 Å². The molecule has 2 aliphatic rings. The summed E-state index contributed by atoms with van der Waals surface area (Å²) >= 11 is 0. The summed E-state index contributed by atoms with van der Waals surface area (Å²) in [5, 5.41) is 4.44. The summed E-state index contributed by atoms with van der Waals surface area (Å²) in [6.07, 6.45) is 5.88. The molecule has 1 atom stereocenters. The molecular formula is C19H19N5O. The lowest BCUT2D eigenvalue weighted by atomic mass is 10.1. The van der Waals surface area contributed by atoms with Crippen molar-refractivity contribution in [2.24, 2.45) is 0 Å². The number of rotatable bonds is 2. The smallest absolute Gasteiger partial charge is 0.174 e. The Morgan fingerprint density at radius 3 is 3.08 bits per heavy atom. The highest BCUT2D eigenvalue weighted by Gasteiger charge is 2.30. The first-order valence-electron chi connectivity index (χ1n) is 8.69. The molecule has 0 aliphatic carbocycles. The van der Waals surface area contributed by atoms with E-state index in [4.69, 9.17) is 9.72 Å². The topological polar surface area (TPSA) is 63.2 Å². The summed E-state index contributed by atoms with van der Waals surface area (Å²) in [5.41, 5.74) is 2.91. The minimum atomic E-state index is 0.362. The summed E-state index contributed by atoms with van der Waals surface area (Å²) < 4.78 is 5.66. The maximum atomic E-state index is 5.66. The number of hydrogen-bond acceptors (Lipinski definition) is 6. The Morgan fingerprint density at radius 2 is 2.16 bits per heavy atom. The van der Waals surface area contributed by atoms with Gasteiger partial charge in [-0.1, -0.05) is 18.2 Å². The van der Waals surface area contributed by atoms with Gasteiger partial charge in [0, 0.05) is 23.8 Å². The number of benzene rings is 1. The van der Waals surface area contributed by atoms with Gasteiger partial charge < -0.3 is 15.0 Å². The Bertz CT molecular complexity index is 917. The number of ether oxygens (including phenoxy) is 1. The van der Waals surface area contributed by atoms with Crippen LogP contribution in [0.1, 0.15) is 12.8 Å². The SMILES string of the molecule is c1cc(-c2cnc3c(n2)N(C2CCCOC2)CN3)c2cccnc2c1. The lowest BCUT2D eigenvalue weighted by Gasteiger charge is -2.31. The zero-order valence-electron chi connectivity index (χ0n) is 13.9. The van der Waals surface area contributed by atoms with E-state index in [2.05, 4.69) is 32.3 Å². The van der Waals surface area contributed by atoms with E-state index in [1.54, 1.807) is 0 Å². The lowest BCUT2D eigenvalue weighted by Crippen LogP contribution is -2.41. The van der Waals surface area contributed by atoms with Crippen LogP contribution >= 0.6 is 0 Å². The normalized spacial score (nSPS) is 19.7. The maximum absolute atomic E-state index is 5.66. The third kappa shape index (κ3) is 2.49. The van der Waals surface area contributed by atoms with Crippen molar-refractivity contribution < 1.29 is 4.74 Å². The van der Waals surface area contributed by atoms with E-state index in [9.17, 15) is 0 Å². The van der Waals surface area contributed by atoms with Crippen LogP contribution in [-0.4, -0.2) is 40.9 Å². The van der Waals surface area contributed by atoms with Crippen LogP contribution in [-0.2, 0) is 4.74 Å². The van der Waals surface area contributed by atoms with Gasteiger partial charge in [0.2, 0.25) is 0 Å². The fraction of sp³-hybridized carbons (Fsp3) is 0.316. The quantitative estimate of drug-likeness (QED) is 0.778. The van der Waals surface area contributed by atoms with Gasteiger partial charge in [-0.05, 0) is 25.0 Å². The van der Waals surface area contributed by atoms with Crippen LogP contribution < -0.4 is 10.2 Å². The molecule has 1 N–H and O–H groups in total. The number of nitrogens with zero attached hydrogens (tertiary/aromatic N) is 4. The number of pyridine rings is 1. The van der Waals surface area contributed by atoms with Gasteiger partial charge in [-0.15, -0.1) is 0 Å². The van der Waals surface area contributed by atoms with E-state index >= 15 is 0 Å². The van der Waals surface area contributed by atoms with Gasteiger partial charge in [-0.2, -0.15) is 0 Å². The second-order valence-electron chi connectivity index (χ2n) is 6.48. The molecule has 1 aromatic carbocycles. The molecular weight excluding hydrogens is 314 g/mol. The van der Waals surface area contributed by atoms with E-state index in [0.29, 0.717) is 6.04 Å². The molecule has 1 unspecified atom stereocenters. The van der Waals surface area contributed by atoms with Crippen molar-refractivity contribution in [3.8, 4) is 11.3 Å². The van der Waals surface area contributed by atoms with Crippen LogP contribution in [0.4, 0.5) is 11.6 Å². The molecule has 2 aromatic heterocycles. The Hall–Kier alpha value is -2.73. The van der Waals surface area contributed by atoms with Gasteiger partial charge >= 0.3 is 0 Å². The highest BCUT2D eigenvalue weighted by Crippen LogP contribution is 2.34. The van der Waals surface area contributed by atoms with Crippen LogP contribution in [0.25, 0.3) is 22.2 Å². The molecule has 3 aromatic rings. The summed E-state index contributed by atoms with van der Waals surface area (Å²) in [5.74, 6) is 1.78. The molecule has 0 spiro atoms. The lowest BCUT2D eigenvalue weighted by molar-refractivity contribution is 0.0798. The van der Waals surface area contributed by atoms with Gasteiger partial charge in [-0.25, -0.2) is 9.97 Å². The Labute approximate surface area is 145 Å².